The van der Waals surface area contributed by atoms with E-state index >= 15 is 0 Å². The summed E-state index contributed by atoms with van der Waals surface area (Å²) in [5, 5.41) is 2.89. The molecule has 0 bridgehead atoms. The number of carbonyl (C=O) groups is 1. The van der Waals surface area contributed by atoms with Gasteiger partial charge < -0.3 is 25.2 Å². The first kappa shape index (κ1) is 14.9. The first-order chi connectivity index (χ1) is 11.7. The van der Waals surface area contributed by atoms with Gasteiger partial charge in [-0.15, -0.1) is 0 Å². The SMILES string of the molecule is NC[C@H]1CC[C@@H](C(=O)Nc2ccc3nc(-c4ccco4)[nH]c3c2)O1. The van der Waals surface area contributed by atoms with Crippen LogP contribution < -0.4 is 11.1 Å². The normalized spacial score (nSPS) is 20.5. The largest absolute Gasteiger partial charge is 0.461 e. The molecule has 3 aromatic rings. The molecule has 1 aromatic carbocycles. The number of H-pyrrole nitrogens is 1. The second kappa shape index (κ2) is 6.10. The van der Waals surface area contributed by atoms with Gasteiger partial charge in [0.05, 0.1) is 23.4 Å². The molecule has 1 aliphatic rings. The van der Waals surface area contributed by atoms with Crippen molar-refractivity contribution in [1.29, 1.82) is 0 Å². The van der Waals surface area contributed by atoms with Gasteiger partial charge in [0.15, 0.2) is 11.6 Å². The Labute approximate surface area is 138 Å². The Morgan fingerprint density at radius 1 is 1.38 bits per heavy atom. The third-order valence-electron chi connectivity index (χ3n) is 4.17. The fourth-order valence-electron chi connectivity index (χ4n) is 2.91. The van der Waals surface area contributed by atoms with Gasteiger partial charge in [0.1, 0.15) is 6.10 Å². The van der Waals surface area contributed by atoms with Crippen LogP contribution in [0.25, 0.3) is 22.6 Å². The fourth-order valence-corrected chi connectivity index (χ4v) is 2.91. The minimum Gasteiger partial charge on any atom is -0.461 e. The number of furan rings is 1. The topological polar surface area (TPSA) is 106 Å². The van der Waals surface area contributed by atoms with Crippen molar-refractivity contribution >= 4 is 22.6 Å². The Balaban J connectivity index is 1.51. The average Bonchev–Trinajstić information content (AvgIpc) is 3.32. The van der Waals surface area contributed by atoms with E-state index in [1.807, 2.05) is 30.3 Å². The maximum Gasteiger partial charge on any atom is 0.253 e. The lowest BCUT2D eigenvalue weighted by Crippen LogP contribution is -2.29. The highest BCUT2D eigenvalue weighted by molar-refractivity contribution is 5.96. The summed E-state index contributed by atoms with van der Waals surface area (Å²) in [7, 11) is 0. The van der Waals surface area contributed by atoms with E-state index in [4.69, 9.17) is 14.9 Å². The number of nitrogens with zero attached hydrogens (tertiary/aromatic N) is 1. The molecule has 24 heavy (non-hydrogen) atoms. The molecule has 0 spiro atoms. The fraction of sp³-hybridized carbons (Fsp3) is 0.294. The van der Waals surface area contributed by atoms with Gasteiger partial charge in [0.2, 0.25) is 0 Å². The molecule has 0 radical (unpaired) electrons. The minimum absolute atomic E-state index is 0.0216. The number of aromatic nitrogens is 2. The number of hydrogen-bond donors (Lipinski definition) is 3. The summed E-state index contributed by atoms with van der Waals surface area (Å²) in [4.78, 5) is 20.0. The second-order valence-corrected chi connectivity index (χ2v) is 5.84. The third-order valence-corrected chi connectivity index (χ3v) is 4.17. The summed E-state index contributed by atoms with van der Waals surface area (Å²) in [5.74, 6) is 1.18. The van der Waals surface area contributed by atoms with E-state index in [9.17, 15) is 4.79 Å². The van der Waals surface area contributed by atoms with Crippen LogP contribution in [0.3, 0.4) is 0 Å². The molecule has 7 heteroatoms. The second-order valence-electron chi connectivity index (χ2n) is 5.84. The number of aromatic amines is 1. The van der Waals surface area contributed by atoms with Crippen LogP contribution in [0.5, 0.6) is 0 Å². The molecule has 0 saturated carbocycles. The maximum absolute atomic E-state index is 12.3. The van der Waals surface area contributed by atoms with Gasteiger partial charge in [0, 0.05) is 12.2 Å². The summed E-state index contributed by atoms with van der Waals surface area (Å²) in [5.41, 5.74) is 7.90. The molecule has 124 valence electrons. The van der Waals surface area contributed by atoms with Crippen LogP contribution in [0.15, 0.2) is 41.0 Å². The number of ether oxygens (including phenoxy) is 1. The predicted molar refractivity (Wildman–Crippen MR) is 89.4 cm³/mol. The number of amides is 1. The molecule has 7 nitrogen and oxygen atoms in total. The number of carbonyl (C=O) groups excluding carboxylic acids is 1. The van der Waals surface area contributed by atoms with Crippen LogP contribution in [-0.4, -0.2) is 34.6 Å². The highest BCUT2D eigenvalue weighted by Crippen LogP contribution is 2.24. The molecule has 3 heterocycles. The van der Waals surface area contributed by atoms with Gasteiger partial charge in [-0.3, -0.25) is 4.79 Å². The Hall–Kier alpha value is -2.64. The van der Waals surface area contributed by atoms with E-state index in [-0.39, 0.29) is 12.0 Å². The number of benzene rings is 1. The van der Waals surface area contributed by atoms with E-state index in [0.29, 0.717) is 30.2 Å². The molecular formula is C17H18N4O3. The summed E-state index contributed by atoms with van der Waals surface area (Å²) >= 11 is 0. The van der Waals surface area contributed by atoms with Crippen LogP contribution in [-0.2, 0) is 9.53 Å². The molecule has 1 aliphatic heterocycles. The summed E-state index contributed by atoms with van der Waals surface area (Å²) in [6.07, 6.45) is 2.66. The quantitative estimate of drug-likeness (QED) is 0.682. The zero-order valence-electron chi connectivity index (χ0n) is 13.0. The van der Waals surface area contributed by atoms with Crippen molar-refractivity contribution in [3.05, 3.63) is 36.6 Å². The van der Waals surface area contributed by atoms with Gasteiger partial charge in [-0.25, -0.2) is 4.98 Å². The Morgan fingerprint density at radius 3 is 3.04 bits per heavy atom. The lowest BCUT2D eigenvalue weighted by Gasteiger charge is -2.12. The van der Waals surface area contributed by atoms with Gasteiger partial charge in [-0.05, 0) is 43.2 Å². The van der Waals surface area contributed by atoms with Crippen molar-refractivity contribution in [1.82, 2.24) is 9.97 Å². The molecular weight excluding hydrogens is 308 g/mol. The average molecular weight is 326 g/mol. The lowest BCUT2D eigenvalue weighted by molar-refractivity contribution is -0.126. The molecule has 4 rings (SSSR count). The highest BCUT2D eigenvalue weighted by atomic mass is 16.5. The zero-order valence-corrected chi connectivity index (χ0v) is 13.0. The summed E-state index contributed by atoms with van der Waals surface area (Å²) < 4.78 is 11.0. The van der Waals surface area contributed by atoms with Crippen molar-refractivity contribution in [3.8, 4) is 11.6 Å². The number of nitrogens with one attached hydrogen (secondary N) is 2. The monoisotopic (exact) mass is 326 g/mol. The number of rotatable bonds is 4. The molecule has 0 unspecified atom stereocenters. The maximum atomic E-state index is 12.3. The molecule has 2 atom stereocenters. The van der Waals surface area contributed by atoms with Gasteiger partial charge in [-0.2, -0.15) is 0 Å². The summed E-state index contributed by atoms with van der Waals surface area (Å²) in [6.45, 7) is 0.444. The first-order valence-electron chi connectivity index (χ1n) is 7.93. The van der Waals surface area contributed by atoms with Crippen LogP contribution in [0.1, 0.15) is 12.8 Å². The standard InChI is InChI=1S/C17H18N4O3/c18-9-11-4-6-15(24-11)17(22)19-10-3-5-12-13(8-10)21-16(20-12)14-2-1-7-23-14/h1-3,5,7-8,11,15H,4,6,9,18H2,(H,19,22)(H,20,21)/t11-,15+/m1/s1. The third kappa shape index (κ3) is 2.79. The smallest absolute Gasteiger partial charge is 0.253 e. The van der Waals surface area contributed by atoms with Crippen LogP contribution in [0, 0.1) is 0 Å². The molecule has 4 N–H and O–H groups in total. The van der Waals surface area contributed by atoms with E-state index in [1.165, 1.54) is 0 Å². The lowest BCUT2D eigenvalue weighted by atomic mass is 10.2. The van der Waals surface area contributed by atoms with E-state index < -0.39 is 6.10 Å². The molecule has 1 saturated heterocycles. The van der Waals surface area contributed by atoms with Crippen LogP contribution >= 0.6 is 0 Å². The zero-order chi connectivity index (χ0) is 16.5. The molecule has 1 fully saturated rings. The number of fused-ring (bicyclic) bond motifs is 1. The van der Waals surface area contributed by atoms with Gasteiger partial charge in [-0.1, -0.05) is 0 Å². The van der Waals surface area contributed by atoms with Crippen molar-refractivity contribution in [3.63, 3.8) is 0 Å². The molecule has 0 aliphatic carbocycles. The number of imidazole rings is 1. The Kier molecular flexibility index (Phi) is 3.79. The van der Waals surface area contributed by atoms with E-state index in [0.717, 1.165) is 17.5 Å². The predicted octanol–water partition coefficient (Wildman–Crippen LogP) is 2.27. The number of anilines is 1. The highest BCUT2D eigenvalue weighted by Gasteiger charge is 2.29. The van der Waals surface area contributed by atoms with Crippen molar-refractivity contribution in [2.45, 2.75) is 25.0 Å². The van der Waals surface area contributed by atoms with E-state index in [2.05, 4.69) is 15.3 Å². The number of hydrogen-bond acceptors (Lipinski definition) is 5. The van der Waals surface area contributed by atoms with Crippen molar-refractivity contribution in [2.24, 2.45) is 5.73 Å². The first-order valence-corrected chi connectivity index (χ1v) is 7.93. The minimum atomic E-state index is -0.435. The Bertz CT molecular complexity index is 856. The van der Waals surface area contributed by atoms with Crippen LogP contribution in [0.2, 0.25) is 0 Å². The summed E-state index contributed by atoms with van der Waals surface area (Å²) in [6, 6.07) is 9.17. The van der Waals surface area contributed by atoms with Gasteiger partial charge >= 0.3 is 0 Å². The number of nitrogens with two attached hydrogens (primary N) is 1. The van der Waals surface area contributed by atoms with Crippen molar-refractivity contribution < 1.29 is 13.9 Å². The Morgan fingerprint density at radius 2 is 2.29 bits per heavy atom. The van der Waals surface area contributed by atoms with Gasteiger partial charge in [0.25, 0.3) is 5.91 Å². The van der Waals surface area contributed by atoms with Crippen molar-refractivity contribution in [2.75, 3.05) is 11.9 Å². The van der Waals surface area contributed by atoms with E-state index in [1.54, 1.807) is 6.26 Å². The molecule has 2 aromatic heterocycles. The van der Waals surface area contributed by atoms with Crippen LogP contribution in [0.4, 0.5) is 5.69 Å². The molecule has 1 amide bonds.